The van der Waals surface area contributed by atoms with E-state index in [4.69, 9.17) is 0 Å². The maximum atomic E-state index is 4.68. The summed E-state index contributed by atoms with van der Waals surface area (Å²) in [4.78, 5) is 13.6. The minimum atomic E-state index is 0.108. The molecule has 4 rings (SSSR count). The summed E-state index contributed by atoms with van der Waals surface area (Å²) in [5.74, 6) is 0. The fourth-order valence-corrected chi connectivity index (χ4v) is 3.13. The highest BCUT2D eigenvalue weighted by Crippen LogP contribution is 2.33. The third kappa shape index (κ3) is 2.98. The van der Waals surface area contributed by atoms with Crippen molar-refractivity contribution in [3.8, 4) is 22.4 Å². The predicted octanol–water partition coefficient (Wildman–Crippen LogP) is 5.04. The summed E-state index contributed by atoms with van der Waals surface area (Å²) in [5, 5.41) is 0. The number of aromatic nitrogens is 2. The van der Waals surface area contributed by atoms with Crippen molar-refractivity contribution < 1.29 is 0 Å². The molecule has 124 valence electrons. The maximum absolute atomic E-state index is 4.68. The van der Waals surface area contributed by atoms with Gasteiger partial charge in [0.1, 0.15) is 0 Å². The van der Waals surface area contributed by atoms with Crippen LogP contribution in [0.2, 0.25) is 0 Å². The average Bonchev–Trinajstić information content (AvgIpc) is 3.09. The molecule has 1 aliphatic rings. The standard InChI is InChI=1S/C22H21N3/c1-22(2,3)18-7-4-6-15(11-18)21-19(8-5-9-24-21)16-10-17-12-23-14-20(17)25-13-16/h4-13H,14H2,1-3H3. The molecule has 0 aliphatic carbocycles. The van der Waals surface area contributed by atoms with Gasteiger partial charge in [0.05, 0.1) is 17.9 Å². The van der Waals surface area contributed by atoms with Gasteiger partial charge in [-0.15, -0.1) is 0 Å². The van der Waals surface area contributed by atoms with Crippen molar-refractivity contribution in [3.63, 3.8) is 0 Å². The maximum Gasteiger partial charge on any atom is 0.0818 e. The number of benzene rings is 1. The van der Waals surface area contributed by atoms with Gasteiger partial charge in [0, 0.05) is 40.9 Å². The van der Waals surface area contributed by atoms with E-state index in [1.54, 1.807) is 0 Å². The molecule has 3 aromatic rings. The van der Waals surface area contributed by atoms with Gasteiger partial charge in [-0.1, -0.05) is 45.0 Å². The van der Waals surface area contributed by atoms with Crippen LogP contribution in [0.15, 0.2) is 59.9 Å². The highest BCUT2D eigenvalue weighted by atomic mass is 14.8. The van der Waals surface area contributed by atoms with E-state index in [9.17, 15) is 0 Å². The molecule has 0 radical (unpaired) electrons. The first-order chi connectivity index (χ1) is 12.0. The van der Waals surface area contributed by atoms with Crippen LogP contribution in [0, 0.1) is 0 Å². The zero-order chi connectivity index (χ0) is 17.4. The van der Waals surface area contributed by atoms with E-state index < -0.39 is 0 Å². The fraction of sp³-hybridized carbons (Fsp3) is 0.227. The summed E-state index contributed by atoms with van der Waals surface area (Å²) >= 11 is 0. The number of hydrogen-bond donors (Lipinski definition) is 0. The number of fused-ring (bicyclic) bond motifs is 1. The smallest absolute Gasteiger partial charge is 0.0818 e. The first-order valence-corrected chi connectivity index (χ1v) is 8.57. The van der Waals surface area contributed by atoms with Gasteiger partial charge >= 0.3 is 0 Å². The summed E-state index contributed by atoms with van der Waals surface area (Å²) in [6.45, 7) is 7.38. The Morgan fingerprint density at radius 2 is 1.80 bits per heavy atom. The van der Waals surface area contributed by atoms with E-state index >= 15 is 0 Å². The predicted molar refractivity (Wildman–Crippen MR) is 103 cm³/mol. The summed E-state index contributed by atoms with van der Waals surface area (Å²) in [7, 11) is 0. The van der Waals surface area contributed by atoms with Crippen LogP contribution in [-0.2, 0) is 12.0 Å². The molecule has 25 heavy (non-hydrogen) atoms. The lowest BCUT2D eigenvalue weighted by Gasteiger charge is -2.20. The number of aliphatic imine (C=N–C) groups is 1. The topological polar surface area (TPSA) is 38.1 Å². The van der Waals surface area contributed by atoms with Gasteiger partial charge in [0.15, 0.2) is 0 Å². The van der Waals surface area contributed by atoms with Gasteiger partial charge < -0.3 is 0 Å². The van der Waals surface area contributed by atoms with Crippen molar-refractivity contribution in [1.29, 1.82) is 0 Å². The second-order valence-corrected chi connectivity index (χ2v) is 7.46. The van der Waals surface area contributed by atoms with E-state index in [1.165, 1.54) is 5.56 Å². The van der Waals surface area contributed by atoms with Crippen LogP contribution >= 0.6 is 0 Å². The lowest BCUT2D eigenvalue weighted by Crippen LogP contribution is -2.10. The molecule has 2 aromatic heterocycles. The van der Waals surface area contributed by atoms with Gasteiger partial charge in [-0.05, 0) is 29.2 Å². The second kappa shape index (κ2) is 5.92. The quantitative estimate of drug-likeness (QED) is 0.661. The van der Waals surface area contributed by atoms with Gasteiger partial charge in [0.2, 0.25) is 0 Å². The van der Waals surface area contributed by atoms with Crippen molar-refractivity contribution in [2.24, 2.45) is 4.99 Å². The highest BCUT2D eigenvalue weighted by molar-refractivity contribution is 5.88. The first kappa shape index (κ1) is 15.7. The molecule has 3 heteroatoms. The average molecular weight is 327 g/mol. The minimum Gasteiger partial charge on any atom is -0.286 e. The highest BCUT2D eigenvalue weighted by Gasteiger charge is 2.17. The van der Waals surface area contributed by atoms with Gasteiger partial charge in [-0.25, -0.2) is 0 Å². The Balaban J connectivity index is 1.84. The molecule has 0 bridgehead atoms. The molecule has 0 N–H and O–H groups in total. The fourth-order valence-electron chi connectivity index (χ4n) is 3.13. The van der Waals surface area contributed by atoms with Gasteiger partial charge in [0.25, 0.3) is 0 Å². The Labute approximate surface area is 148 Å². The number of pyridine rings is 2. The normalized spacial score (nSPS) is 13.1. The number of hydrogen-bond acceptors (Lipinski definition) is 3. The Morgan fingerprint density at radius 3 is 2.64 bits per heavy atom. The number of rotatable bonds is 2. The zero-order valence-electron chi connectivity index (χ0n) is 14.8. The third-order valence-electron chi connectivity index (χ3n) is 4.60. The lowest BCUT2D eigenvalue weighted by atomic mass is 9.85. The zero-order valence-corrected chi connectivity index (χ0v) is 14.8. The summed E-state index contributed by atoms with van der Waals surface area (Å²) in [6.07, 6.45) is 5.69. The molecule has 0 saturated carbocycles. The van der Waals surface area contributed by atoms with Crippen LogP contribution in [0.5, 0.6) is 0 Å². The van der Waals surface area contributed by atoms with E-state index in [0.717, 1.165) is 33.6 Å². The van der Waals surface area contributed by atoms with Crippen LogP contribution < -0.4 is 0 Å². The third-order valence-corrected chi connectivity index (χ3v) is 4.60. The molecule has 3 heterocycles. The van der Waals surface area contributed by atoms with Crippen molar-refractivity contribution in [2.75, 3.05) is 0 Å². The Hall–Kier alpha value is -2.81. The molecule has 1 aromatic carbocycles. The van der Waals surface area contributed by atoms with Crippen LogP contribution in [-0.4, -0.2) is 16.2 Å². The summed E-state index contributed by atoms with van der Waals surface area (Å²) in [5.41, 5.74) is 7.87. The van der Waals surface area contributed by atoms with Crippen LogP contribution in [0.25, 0.3) is 22.4 Å². The molecule has 1 aliphatic heterocycles. The number of nitrogens with zero attached hydrogens (tertiary/aromatic N) is 3. The summed E-state index contributed by atoms with van der Waals surface area (Å²) < 4.78 is 0. The SMILES string of the molecule is CC(C)(C)c1cccc(-c2ncccc2-c2cnc3c(c2)C=NC3)c1. The molecule has 0 fully saturated rings. The van der Waals surface area contributed by atoms with Gasteiger partial charge in [-0.3, -0.25) is 15.0 Å². The molecular weight excluding hydrogens is 306 g/mol. The van der Waals surface area contributed by atoms with E-state index in [1.807, 2.05) is 24.7 Å². The largest absolute Gasteiger partial charge is 0.286 e. The van der Waals surface area contributed by atoms with Crippen molar-refractivity contribution >= 4 is 6.21 Å². The Kier molecular flexibility index (Phi) is 3.72. The second-order valence-electron chi connectivity index (χ2n) is 7.46. The van der Waals surface area contributed by atoms with Crippen molar-refractivity contribution in [2.45, 2.75) is 32.7 Å². The molecule has 0 spiro atoms. The lowest BCUT2D eigenvalue weighted by molar-refractivity contribution is 0.590. The van der Waals surface area contributed by atoms with Crippen LogP contribution in [0.1, 0.15) is 37.6 Å². The molecule has 0 unspecified atom stereocenters. The van der Waals surface area contributed by atoms with Crippen LogP contribution in [0.4, 0.5) is 0 Å². The van der Waals surface area contributed by atoms with E-state index in [-0.39, 0.29) is 5.41 Å². The minimum absolute atomic E-state index is 0.108. The molecule has 0 amide bonds. The van der Waals surface area contributed by atoms with E-state index in [0.29, 0.717) is 6.54 Å². The first-order valence-electron chi connectivity index (χ1n) is 8.57. The molecular formula is C22H21N3. The van der Waals surface area contributed by atoms with Gasteiger partial charge in [-0.2, -0.15) is 0 Å². The molecule has 0 saturated heterocycles. The Morgan fingerprint density at radius 1 is 0.920 bits per heavy atom. The van der Waals surface area contributed by atoms with Crippen molar-refractivity contribution in [3.05, 3.63) is 71.7 Å². The van der Waals surface area contributed by atoms with Crippen LogP contribution in [0.3, 0.4) is 0 Å². The monoisotopic (exact) mass is 327 g/mol. The molecule has 3 nitrogen and oxygen atoms in total. The van der Waals surface area contributed by atoms with Crippen molar-refractivity contribution in [1.82, 2.24) is 9.97 Å². The summed E-state index contributed by atoms with van der Waals surface area (Å²) in [6, 6.07) is 14.9. The Bertz CT molecular complexity index is 965. The van der Waals surface area contributed by atoms with E-state index in [2.05, 4.69) is 72.1 Å². The molecule has 0 atom stereocenters.